The highest BCUT2D eigenvalue weighted by molar-refractivity contribution is 5.04. The van der Waals surface area contributed by atoms with Crippen LogP contribution in [0.1, 0.15) is 33.4 Å². The van der Waals surface area contributed by atoms with E-state index in [1.165, 1.54) is 0 Å². The minimum absolute atomic E-state index is 0.406. The summed E-state index contributed by atoms with van der Waals surface area (Å²) in [5.41, 5.74) is 6.32. The Morgan fingerprint density at radius 3 is 2.50 bits per heavy atom. The van der Waals surface area contributed by atoms with Crippen LogP contribution in [-0.4, -0.2) is 40.1 Å². The van der Waals surface area contributed by atoms with Gasteiger partial charge in [0.2, 0.25) is 0 Å². The highest BCUT2D eigenvalue weighted by Crippen LogP contribution is 2.06. The minimum atomic E-state index is 0.406. The Hall–Kier alpha value is -1.20. The summed E-state index contributed by atoms with van der Waals surface area (Å²) in [4.78, 5) is 10.6. The molecule has 1 aromatic rings. The fourth-order valence-electron chi connectivity index (χ4n) is 1.91. The molecule has 0 fully saturated rings. The SMILES string of the molecule is CC(C)N(CCOc1nccc(CN)n1)C(C)C. The monoisotopic (exact) mass is 252 g/mol. The molecule has 0 amide bonds. The van der Waals surface area contributed by atoms with Gasteiger partial charge >= 0.3 is 6.01 Å². The molecule has 1 heterocycles. The Morgan fingerprint density at radius 1 is 1.28 bits per heavy atom. The highest BCUT2D eigenvalue weighted by Gasteiger charge is 2.13. The molecular formula is C13H24N4O. The zero-order chi connectivity index (χ0) is 13.5. The molecule has 1 rings (SSSR count). The summed E-state index contributed by atoms with van der Waals surface area (Å²) in [6.07, 6.45) is 1.67. The Labute approximate surface area is 109 Å². The van der Waals surface area contributed by atoms with Crippen molar-refractivity contribution in [3.63, 3.8) is 0 Å². The molecule has 2 N–H and O–H groups in total. The van der Waals surface area contributed by atoms with Crippen LogP contribution in [0.2, 0.25) is 0 Å². The molecule has 0 aromatic carbocycles. The third-order valence-electron chi connectivity index (χ3n) is 2.81. The fraction of sp³-hybridized carbons (Fsp3) is 0.692. The molecule has 1 aromatic heterocycles. The molecule has 0 saturated carbocycles. The van der Waals surface area contributed by atoms with Gasteiger partial charge in [0, 0.05) is 31.4 Å². The van der Waals surface area contributed by atoms with Crippen molar-refractivity contribution in [3.05, 3.63) is 18.0 Å². The summed E-state index contributed by atoms with van der Waals surface area (Å²) < 4.78 is 5.56. The van der Waals surface area contributed by atoms with Gasteiger partial charge in [-0.3, -0.25) is 4.90 Å². The third kappa shape index (κ3) is 4.58. The van der Waals surface area contributed by atoms with E-state index < -0.39 is 0 Å². The smallest absolute Gasteiger partial charge is 0.316 e. The van der Waals surface area contributed by atoms with Crippen LogP contribution in [0.3, 0.4) is 0 Å². The molecule has 0 radical (unpaired) electrons. The van der Waals surface area contributed by atoms with Crippen molar-refractivity contribution in [2.75, 3.05) is 13.2 Å². The normalized spacial score (nSPS) is 11.6. The summed E-state index contributed by atoms with van der Waals surface area (Å²) >= 11 is 0. The predicted molar refractivity (Wildman–Crippen MR) is 72.4 cm³/mol. The van der Waals surface area contributed by atoms with Gasteiger partial charge in [0.05, 0.1) is 5.69 Å². The molecule has 0 atom stereocenters. The zero-order valence-electron chi connectivity index (χ0n) is 11.8. The lowest BCUT2D eigenvalue weighted by Gasteiger charge is -2.30. The topological polar surface area (TPSA) is 64.3 Å². The van der Waals surface area contributed by atoms with Gasteiger partial charge < -0.3 is 10.5 Å². The molecule has 0 saturated heterocycles. The minimum Gasteiger partial charge on any atom is -0.462 e. The van der Waals surface area contributed by atoms with Gasteiger partial charge in [-0.25, -0.2) is 4.98 Å². The maximum absolute atomic E-state index is 5.56. The Balaban J connectivity index is 2.44. The first-order chi connectivity index (χ1) is 8.54. The second kappa shape index (κ2) is 7.28. The van der Waals surface area contributed by atoms with E-state index in [2.05, 4.69) is 42.6 Å². The van der Waals surface area contributed by atoms with Gasteiger partial charge in [0.15, 0.2) is 0 Å². The van der Waals surface area contributed by atoms with E-state index in [1.807, 2.05) is 0 Å². The number of nitrogens with zero attached hydrogens (tertiary/aromatic N) is 3. The van der Waals surface area contributed by atoms with Gasteiger partial charge in [-0.05, 0) is 33.8 Å². The van der Waals surface area contributed by atoms with Crippen LogP contribution in [0, 0.1) is 0 Å². The van der Waals surface area contributed by atoms with Crippen molar-refractivity contribution in [1.29, 1.82) is 0 Å². The number of ether oxygens (including phenoxy) is 1. The Morgan fingerprint density at radius 2 is 1.94 bits per heavy atom. The van der Waals surface area contributed by atoms with Crippen LogP contribution in [0.5, 0.6) is 6.01 Å². The standard InChI is InChI=1S/C13H24N4O/c1-10(2)17(11(3)4)7-8-18-13-15-6-5-12(9-14)16-13/h5-6,10-11H,7-9,14H2,1-4H3. The molecule has 0 unspecified atom stereocenters. The summed E-state index contributed by atoms with van der Waals surface area (Å²) in [5, 5.41) is 0. The predicted octanol–water partition coefficient (Wildman–Crippen LogP) is 1.43. The van der Waals surface area contributed by atoms with Crippen LogP contribution in [-0.2, 0) is 6.54 Å². The first-order valence-electron chi connectivity index (χ1n) is 6.45. The summed E-state index contributed by atoms with van der Waals surface area (Å²) in [5.74, 6) is 0. The molecule has 0 spiro atoms. The largest absolute Gasteiger partial charge is 0.462 e. The maximum atomic E-state index is 5.56. The van der Waals surface area contributed by atoms with Gasteiger partial charge in [-0.15, -0.1) is 0 Å². The van der Waals surface area contributed by atoms with E-state index in [0.29, 0.717) is 31.2 Å². The van der Waals surface area contributed by atoms with Crippen LogP contribution in [0.15, 0.2) is 12.3 Å². The average Bonchev–Trinajstić information content (AvgIpc) is 2.34. The Bertz CT molecular complexity index is 347. The van der Waals surface area contributed by atoms with Crippen molar-refractivity contribution < 1.29 is 4.74 Å². The van der Waals surface area contributed by atoms with Crippen molar-refractivity contribution in [2.45, 2.75) is 46.3 Å². The first kappa shape index (κ1) is 14.9. The number of rotatable bonds is 7. The van der Waals surface area contributed by atoms with Crippen molar-refractivity contribution in [1.82, 2.24) is 14.9 Å². The molecule has 0 aliphatic rings. The quantitative estimate of drug-likeness (QED) is 0.795. The van der Waals surface area contributed by atoms with E-state index in [-0.39, 0.29) is 0 Å². The van der Waals surface area contributed by atoms with E-state index in [4.69, 9.17) is 10.5 Å². The first-order valence-corrected chi connectivity index (χ1v) is 6.45. The van der Waals surface area contributed by atoms with E-state index >= 15 is 0 Å². The van der Waals surface area contributed by atoms with Crippen molar-refractivity contribution >= 4 is 0 Å². The van der Waals surface area contributed by atoms with Crippen LogP contribution in [0.4, 0.5) is 0 Å². The molecule has 5 nitrogen and oxygen atoms in total. The van der Waals surface area contributed by atoms with E-state index in [9.17, 15) is 0 Å². The van der Waals surface area contributed by atoms with Gasteiger partial charge in [-0.2, -0.15) is 4.98 Å². The molecule has 5 heteroatoms. The van der Waals surface area contributed by atoms with Gasteiger partial charge in [0.25, 0.3) is 0 Å². The summed E-state index contributed by atoms with van der Waals surface area (Å²) in [7, 11) is 0. The lowest BCUT2D eigenvalue weighted by molar-refractivity contribution is 0.138. The zero-order valence-corrected chi connectivity index (χ0v) is 11.8. The fourth-order valence-corrected chi connectivity index (χ4v) is 1.91. The van der Waals surface area contributed by atoms with Crippen molar-refractivity contribution in [3.8, 4) is 6.01 Å². The number of hydrogen-bond donors (Lipinski definition) is 1. The number of nitrogens with two attached hydrogens (primary N) is 1. The van der Waals surface area contributed by atoms with E-state index in [1.54, 1.807) is 12.3 Å². The number of aromatic nitrogens is 2. The Kier molecular flexibility index (Phi) is 6.01. The lowest BCUT2D eigenvalue weighted by atomic mass is 10.2. The molecule has 0 aliphatic heterocycles. The molecular weight excluding hydrogens is 228 g/mol. The van der Waals surface area contributed by atoms with Crippen LogP contribution in [0.25, 0.3) is 0 Å². The lowest BCUT2D eigenvalue weighted by Crippen LogP contribution is -2.39. The second-order valence-electron chi connectivity index (χ2n) is 4.81. The third-order valence-corrected chi connectivity index (χ3v) is 2.81. The van der Waals surface area contributed by atoms with Crippen LogP contribution >= 0.6 is 0 Å². The molecule has 0 aliphatic carbocycles. The van der Waals surface area contributed by atoms with Gasteiger partial charge in [0.1, 0.15) is 6.61 Å². The average molecular weight is 252 g/mol. The second-order valence-corrected chi connectivity index (χ2v) is 4.81. The van der Waals surface area contributed by atoms with Crippen LogP contribution < -0.4 is 10.5 Å². The molecule has 0 bridgehead atoms. The number of hydrogen-bond acceptors (Lipinski definition) is 5. The summed E-state index contributed by atoms with van der Waals surface area (Å²) in [6.45, 7) is 10.6. The van der Waals surface area contributed by atoms with Crippen molar-refractivity contribution in [2.24, 2.45) is 5.73 Å². The maximum Gasteiger partial charge on any atom is 0.316 e. The molecule has 102 valence electrons. The van der Waals surface area contributed by atoms with E-state index in [0.717, 1.165) is 12.2 Å². The summed E-state index contributed by atoms with van der Waals surface area (Å²) in [6, 6.07) is 3.21. The van der Waals surface area contributed by atoms with Gasteiger partial charge in [-0.1, -0.05) is 0 Å². The highest BCUT2D eigenvalue weighted by atomic mass is 16.5. The molecule has 18 heavy (non-hydrogen) atoms.